The third-order valence-corrected chi connectivity index (χ3v) is 8.66. The van der Waals surface area contributed by atoms with E-state index in [2.05, 4.69) is 0 Å². The summed E-state index contributed by atoms with van der Waals surface area (Å²) in [5.74, 6) is 0.177. The predicted octanol–water partition coefficient (Wildman–Crippen LogP) is 2.79. The highest BCUT2D eigenvalue weighted by molar-refractivity contribution is 7.88. The number of hydrogen-bond acceptors (Lipinski definition) is 4. The van der Waals surface area contributed by atoms with Crippen molar-refractivity contribution in [3.05, 3.63) is 35.9 Å². The number of rotatable bonds is 4. The Kier molecular flexibility index (Phi) is 6.27. The quantitative estimate of drug-likeness (QED) is 0.751. The Morgan fingerprint density at radius 1 is 1.00 bits per heavy atom. The first-order chi connectivity index (χ1) is 14.0. The van der Waals surface area contributed by atoms with Crippen LogP contribution < -0.4 is 0 Å². The number of piperidine rings is 2. The van der Waals surface area contributed by atoms with Crippen molar-refractivity contribution >= 4 is 15.9 Å². The minimum Gasteiger partial charge on any atom is -0.375 e. The zero-order valence-corrected chi connectivity index (χ0v) is 17.9. The highest BCUT2D eigenvalue weighted by Crippen LogP contribution is 2.35. The molecule has 0 saturated carbocycles. The zero-order valence-electron chi connectivity index (χ0n) is 17.1. The van der Waals surface area contributed by atoms with Crippen LogP contribution in [-0.2, 0) is 25.3 Å². The molecule has 7 heteroatoms. The Balaban J connectivity index is 1.27. The van der Waals surface area contributed by atoms with Crippen LogP contribution in [0, 0.1) is 5.92 Å². The van der Waals surface area contributed by atoms with Gasteiger partial charge in [-0.05, 0) is 50.5 Å². The molecule has 0 bridgehead atoms. The second-order valence-electron chi connectivity index (χ2n) is 8.73. The third-order valence-electron chi connectivity index (χ3n) is 6.81. The Bertz CT molecular complexity index is 787. The second kappa shape index (κ2) is 8.74. The summed E-state index contributed by atoms with van der Waals surface area (Å²) < 4.78 is 33.1. The minimum absolute atomic E-state index is 0.00388. The fraction of sp³-hybridized carbons (Fsp3) is 0.682. The van der Waals surface area contributed by atoms with Crippen molar-refractivity contribution in [2.45, 2.75) is 56.3 Å². The summed E-state index contributed by atoms with van der Waals surface area (Å²) in [6.45, 7) is 3.26. The Morgan fingerprint density at radius 3 is 2.31 bits per heavy atom. The van der Waals surface area contributed by atoms with Gasteiger partial charge in [-0.3, -0.25) is 4.79 Å². The number of carbonyl (C=O) groups excluding carboxylic acids is 1. The summed E-state index contributed by atoms with van der Waals surface area (Å²) in [5.41, 5.74) is 0.807. The van der Waals surface area contributed by atoms with Gasteiger partial charge < -0.3 is 9.64 Å². The van der Waals surface area contributed by atoms with Crippen LogP contribution in [0.5, 0.6) is 0 Å². The highest BCUT2D eigenvalue weighted by Gasteiger charge is 2.40. The van der Waals surface area contributed by atoms with E-state index in [1.54, 1.807) is 4.31 Å². The number of amides is 1. The van der Waals surface area contributed by atoms with Crippen molar-refractivity contribution in [2.75, 3.05) is 32.8 Å². The Hall–Kier alpha value is -1.44. The normalized spacial score (nSPS) is 23.9. The molecule has 1 aromatic rings. The maximum Gasteiger partial charge on any atom is 0.225 e. The molecule has 0 radical (unpaired) electrons. The Morgan fingerprint density at radius 2 is 1.69 bits per heavy atom. The second-order valence-corrected chi connectivity index (χ2v) is 10.7. The maximum absolute atomic E-state index is 13.0. The molecule has 0 atom stereocenters. The van der Waals surface area contributed by atoms with Crippen LogP contribution >= 0.6 is 0 Å². The van der Waals surface area contributed by atoms with Crippen molar-refractivity contribution in [3.63, 3.8) is 0 Å². The van der Waals surface area contributed by atoms with Crippen LogP contribution in [0.15, 0.2) is 30.3 Å². The molecule has 3 fully saturated rings. The molecule has 0 aliphatic carbocycles. The summed E-state index contributed by atoms with van der Waals surface area (Å²) in [5, 5.41) is 0. The molecule has 0 aromatic heterocycles. The lowest BCUT2D eigenvalue weighted by molar-refractivity contribution is -0.147. The van der Waals surface area contributed by atoms with Gasteiger partial charge in [0.1, 0.15) is 0 Å². The molecule has 6 nitrogen and oxygen atoms in total. The molecule has 1 spiro atoms. The van der Waals surface area contributed by atoms with Gasteiger partial charge in [-0.1, -0.05) is 30.3 Å². The summed E-state index contributed by atoms with van der Waals surface area (Å²) in [6, 6.07) is 9.28. The van der Waals surface area contributed by atoms with Crippen LogP contribution in [0.1, 0.15) is 50.5 Å². The number of hydrogen-bond donors (Lipinski definition) is 0. The molecule has 4 rings (SSSR count). The summed E-state index contributed by atoms with van der Waals surface area (Å²) >= 11 is 0. The largest absolute Gasteiger partial charge is 0.375 e. The van der Waals surface area contributed by atoms with Crippen molar-refractivity contribution < 1.29 is 17.9 Å². The van der Waals surface area contributed by atoms with Crippen LogP contribution in [-0.4, -0.2) is 61.9 Å². The van der Waals surface area contributed by atoms with Gasteiger partial charge in [-0.15, -0.1) is 0 Å². The van der Waals surface area contributed by atoms with E-state index in [1.165, 1.54) is 6.42 Å². The summed E-state index contributed by atoms with van der Waals surface area (Å²) in [4.78, 5) is 15.0. The highest BCUT2D eigenvalue weighted by atomic mass is 32.2. The maximum atomic E-state index is 13.0. The van der Waals surface area contributed by atoms with Gasteiger partial charge in [-0.2, -0.15) is 0 Å². The molecule has 1 aromatic carbocycles. The van der Waals surface area contributed by atoms with Gasteiger partial charge in [0.05, 0.1) is 11.4 Å². The first-order valence-corrected chi connectivity index (χ1v) is 12.5. The first kappa shape index (κ1) is 20.8. The Labute approximate surface area is 174 Å². The van der Waals surface area contributed by atoms with E-state index >= 15 is 0 Å². The average Bonchev–Trinajstić information content (AvgIpc) is 2.75. The van der Waals surface area contributed by atoms with E-state index in [0.717, 1.165) is 50.9 Å². The molecular weight excluding hydrogens is 388 g/mol. The topological polar surface area (TPSA) is 66.9 Å². The average molecular weight is 421 g/mol. The number of ether oxygens (including phenoxy) is 1. The van der Waals surface area contributed by atoms with Crippen LogP contribution in [0.25, 0.3) is 0 Å². The van der Waals surface area contributed by atoms with E-state index < -0.39 is 10.0 Å². The summed E-state index contributed by atoms with van der Waals surface area (Å²) in [6.07, 6.45) is 6.59. The predicted molar refractivity (Wildman–Crippen MR) is 112 cm³/mol. The van der Waals surface area contributed by atoms with Crippen LogP contribution in [0.2, 0.25) is 0 Å². The fourth-order valence-corrected chi connectivity index (χ4v) is 6.52. The molecule has 3 aliphatic rings. The fourth-order valence-electron chi connectivity index (χ4n) is 4.95. The molecule has 0 N–H and O–H groups in total. The van der Waals surface area contributed by atoms with Gasteiger partial charge in [-0.25, -0.2) is 12.7 Å². The lowest BCUT2D eigenvalue weighted by Gasteiger charge is -2.45. The monoisotopic (exact) mass is 420 g/mol. The van der Waals surface area contributed by atoms with Crippen LogP contribution in [0.3, 0.4) is 0 Å². The van der Waals surface area contributed by atoms with Gasteiger partial charge in [0.15, 0.2) is 0 Å². The van der Waals surface area contributed by atoms with Crippen molar-refractivity contribution in [3.8, 4) is 0 Å². The molecule has 3 heterocycles. The SMILES string of the molecule is O=C(C1CCN(S(=O)(=O)Cc2ccccc2)CC1)N1CCC2(CCCCO2)CC1. The lowest BCUT2D eigenvalue weighted by atomic mass is 9.84. The van der Waals surface area contributed by atoms with Crippen LogP contribution in [0.4, 0.5) is 0 Å². The molecule has 1 amide bonds. The molecule has 3 aliphatic heterocycles. The zero-order chi connectivity index (χ0) is 20.3. The number of likely N-dealkylation sites (tertiary alicyclic amines) is 1. The van der Waals surface area contributed by atoms with E-state index in [9.17, 15) is 13.2 Å². The smallest absolute Gasteiger partial charge is 0.225 e. The molecule has 160 valence electrons. The van der Waals surface area contributed by atoms with E-state index in [1.807, 2.05) is 35.2 Å². The van der Waals surface area contributed by atoms with E-state index in [-0.39, 0.29) is 23.2 Å². The first-order valence-electron chi connectivity index (χ1n) is 10.9. The minimum atomic E-state index is -3.34. The number of benzene rings is 1. The van der Waals surface area contributed by atoms with Gasteiger partial charge in [0.2, 0.25) is 15.9 Å². The van der Waals surface area contributed by atoms with Gasteiger partial charge in [0.25, 0.3) is 0 Å². The molecule has 3 saturated heterocycles. The van der Waals surface area contributed by atoms with Gasteiger partial charge in [0, 0.05) is 38.7 Å². The standard InChI is InChI=1S/C22H32N2O4S/c25-21(23-15-11-22(12-16-23)10-4-5-17-28-22)20-8-13-24(14-9-20)29(26,27)18-19-6-2-1-3-7-19/h1-3,6-7,20H,4-5,8-18H2. The van der Waals surface area contributed by atoms with Gasteiger partial charge >= 0.3 is 0 Å². The van der Waals surface area contributed by atoms with Crippen molar-refractivity contribution in [1.29, 1.82) is 0 Å². The van der Waals surface area contributed by atoms with E-state index in [0.29, 0.717) is 25.9 Å². The molecular formula is C22H32N2O4S. The third kappa shape index (κ3) is 4.84. The number of sulfonamides is 1. The van der Waals surface area contributed by atoms with E-state index in [4.69, 9.17) is 4.74 Å². The number of carbonyl (C=O) groups is 1. The number of nitrogens with zero attached hydrogens (tertiary/aromatic N) is 2. The molecule has 29 heavy (non-hydrogen) atoms. The van der Waals surface area contributed by atoms with Crippen molar-refractivity contribution in [2.24, 2.45) is 5.92 Å². The molecule has 0 unspecified atom stereocenters. The summed E-state index contributed by atoms with van der Waals surface area (Å²) in [7, 11) is -3.34. The van der Waals surface area contributed by atoms with Crippen molar-refractivity contribution in [1.82, 2.24) is 9.21 Å². The lowest BCUT2D eigenvalue weighted by Crippen LogP contribution is -2.52.